The summed E-state index contributed by atoms with van der Waals surface area (Å²) in [5, 5.41) is 3.04. The van der Waals surface area contributed by atoms with Crippen molar-refractivity contribution in [2.24, 2.45) is 0 Å². The van der Waals surface area contributed by atoms with Gasteiger partial charge >= 0.3 is 5.97 Å². The lowest BCUT2D eigenvalue weighted by Crippen LogP contribution is -2.33. The van der Waals surface area contributed by atoms with Crippen LogP contribution in [0.25, 0.3) is 0 Å². The molecular weight excluding hydrogens is 344 g/mol. The van der Waals surface area contributed by atoms with Crippen LogP contribution in [-0.4, -0.2) is 54.8 Å². The number of sulfonamides is 1. The van der Waals surface area contributed by atoms with Crippen molar-refractivity contribution in [1.82, 2.24) is 10.0 Å². The molecule has 0 radical (unpaired) electrons. The van der Waals surface area contributed by atoms with Gasteiger partial charge in [-0.1, -0.05) is 12.1 Å². The van der Waals surface area contributed by atoms with Gasteiger partial charge in [-0.05, 0) is 17.7 Å². The Bertz CT molecular complexity index is 580. The molecule has 0 aliphatic heterocycles. The molecule has 1 aromatic rings. The molecule has 0 saturated heterocycles. The summed E-state index contributed by atoms with van der Waals surface area (Å²) in [6, 6.07) is 6.38. The highest BCUT2D eigenvalue weighted by Gasteiger charge is 2.13. The van der Waals surface area contributed by atoms with Gasteiger partial charge in [0.15, 0.2) is 0 Å². The molecule has 0 saturated carbocycles. The molecule has 0 amide bonds. The van der Waals surface area contributed by atoms with E-state index in [1.807, 2.05) is 0 Å². The lowest BCUT2D eigenvalue weighted by atomic mass is 10.1. The van der Waals surface area contributed by atoms with Crippen LogP contribution in [0.3, 0.4) is 0 Å². The summed E-state index contributed by atoms with van der Waals surface area (Å²) >= 11 is 0. The average molecular weight is 367 g/mol. The molecule has 1 aromatic carbocycles. The zero-order chi connectivity index (χ0) is 16.4. The number of carbonyl (C=O) groups is 1. The largest absolute Gasteiger partial charge is 0.465 e. The smallest absolute Gasteiger partial charge is 0.337 e. The molecular formula is C14H23ClN2O5S. The Kier molecular flexibility index (Phi) is 10.8. The van der Waals surface area contributed by atoms with E-state index in [0.717, 1.165) is 0 Å². The van der Waals surface area contributed by atoms with Crippen molar-refractivity contribution in [3.05, 3.63) is 35.4 Å². The minimum atomic E-state index is -3.45. The van der Waals surface area contributed by atoms with Crippen LogP contribution in [0, 0.1) is 0 Å². The molecule has 0 heterocycles. The van der Waals surface area contributed by atoms with Crippen molar-refractivity contribution in [3.8, 4) is 0 Å². The lowest BCUT2D eigenvalue weighted by molar-refractivity contribution is 0.0600. The lowest BCUT2D eigenvalue weighted by Gasteiger charge is -2.08. The van der Waals surface area contributed by atoms with Crippen LogP contribution in [0.2, 0.25) is 0 Å². The first-order chi connectivity index (χ1) is 10.5. The minimum Gasteiger partial charge on any atom is -0.465 e. The van der Waals surface area contributed by atoms with Gasteiger partial charge in [0.25, 0.3) is 0 Å². The molecule has 0 unspecified atom stereocenters. The van der Waals surface area contributed by atoms with E-state index in [-0.39, 0.29) is 18.2 Å². The monoisotopic (exact) mass is 366 g/mol. The molecule has 0 atom stereocenters. The summed E-state index contributed by atoms with van der Waals surface area (Å²) in [6.45, 7) is 2.06. The minimum absolute atomic E-state index is 0. The summed E-state index contributed by atoms with van der Waals surface area (Å²) in [5.74, 6) is -0.676. The number of benzene rings is 1. The first-order valence-corrected chi connectivity index (χ1v) is 8.48. The van der Waals surface area contributed by atoms with Gasteiger partial charge in [0.2, 0.25) is 10.0 Å². The summed E-state index contributed by atoms with van der Waals surface area (Å²) in [7, 11) is -0.564. The second-order valence-electron chi connectivity index (χ2n) is 4.59. The first kappa shape index (κ1) is 21.8. The van der Waals surface area contributed by atoms with E-state index in [1.165, 1.54) is 13.2 Å². The molecule has 1 rings (SSSR count). The maximum atomic E-state index is 12.0. The van der Waals surface area contributed by atoms with Crippen LogP contribution < -0.4 is 10.0 Å². The SMILES string of the molecule is COCCNCCNS(=O)(=O)Cc1cccc(C(=O)OC)c1.Cl. The van der Waals surface area contributed by atoms with Crippen molar-refractivity contribution in [2.45, 2.75) is 5.75 Å². The maximum absolute atomic E-state index is 12.0. The fourth-order valence-corrected chi connectivity index (χ4v) is 2.90. The van der Waals surface area contributed by atoms with E-state index in [9.17, 15) is 13.2 Å². The Hall–Kier alpha value is -1.19. The average Bonchev–Trinajstić information content (AvgIpc) is 2.49. The molecule has 0 aliphatic rings. The van der Waals surface area contributed by atoms with Crippen molar-refractivity contribution in [2.75, 3.05) is 40.5 Å². The molecule has 9 heteroatoms. The van der Waals surface area contributed by atoms with Crippen LogP contribution in [-0.2, 0) is 25.2 Å². The van der Waals surface area contributed by atoms with Crippen LogP contribution in [0.5, 0.6) is 0 Å². The van der Waals surface area contributed by atoms with Gasteiger partial charge in [0.1, 0.15) is 0 Å². The van der Waals surface area contributed by atoms with Gasteiger partial charge in [-0.15, -0.1) is 12.4 Å². The van der Waals surface area contributed by atoms with Gasteiger partial charge < -0.3 is 14.8 Å². The Morgan fingerprint density at radius 3 is 2.57 bits per heavy atom. The highest BCUT2D eigenvalue weighted by molar-refractivity contribution is 7.88. The predicted molar refractivity (Wildman–Crippen MR) is 90.4 cm³/mol. The third-order valence-electron chi connectivity index (χ3n) is 2.81. The first-order valence-electron chi connectivity index (χ1n) is 6.83. The van der Waals surface area contributed by atoms with Gasteiger partial charge in [0, 0.05) is 26.7 Å². The Morgan fingerprint density at radius 1 is 1.17 bits per heavy atom. The molecule has 0 bridgehead atoms. The topological polar surface area (TPSA) is 93.7 Å². The number of nitrogens with one attached hydrogen (secondary N) is 2. The highest BCUT2D eigenvalue weighted by Crippen LogP contribution is 2.09. The third kappa shape index (κ3) is 8.87. The van der Waals surface area contributed by atoms with Crippen molar-refractivity contribution in [1.29, 1.82) is 0 Å². The normalized spacial score (nSPS) is 10.9. The van der Waals surface area contributed by atoms with Crippen LogP contribution in [0.15, 0.2) is 24.3 Å². The van der Waals surface area contributed by atoms with E-state index in [4.69, 9.17) is 4.74 Å². The fourth-order valence-electron chi connectivity index (χ4n) is 1.77. The number of rotatable bonds is 10. The number of methoxy groups -OCH3 is 2. The fraction of sp³-hybridized carbons (Fsp3) is 0.500. The number of hydrogen-bond acceptors (Lipinski definition) is 6. The molecule has 0 aromatic heterocycles. The summed E-state index contributed by atoms with van der Waals surface area (Å²) in [4.78, 5) is 11.4. The van der Waals surface area contributed by atoms with Crippen molar-refractivity contribution < 1.29 is 22.7 Å². The van der Waals surface area contributed by atoms with Gasteiger partial charge in [-0.3, -0.25) is 0 Å². The maximum Gasteiger partial charge on any atom is 0.337 e. The van der Waals surface area contributed by atoms with E-state index in [1.54, 1.807) is 25.3 Å². The number of ether oxygens (including phenoxy) is 2. The molecule has 0 aliphatic carbocycles. The second kappa shape index (κ2) is 11.4. The van der Waals surface area contributed by atoms with E-state index in [2.05, 4.69) is 14.8 Å². The molecule has 7 nitrogen and oxygen atoms in total. The van der Waals surface area contributed by atoms with Crippen LogP contribution in [0.1, 0.15) is 15.9 Å². The van der Waals surface area contributed by atoms with Crippen LogP contribution >= 0.6 is 12.4 Å². The molecule has 2 N–H and O–H groups in total. The van der Waals surface area contributed by atoms with E-state index in [0.29, 0.717) is 37.4 Å². The zero-order valence-corrected chi connectivity index (χ0v) is 14.8. The summed E-state index contributed by atoms with van der Waals surface area (Å²) in [5.41, 5.74) is 0.860. The molecule has 132 valence electrons. The van der Waals surface area contributed by atoms with Gasteiger partial charge in [-0.25, -0.2) is 17.9 Å². The molecule has 23 heavy (non-hydrogen) atoms. The number of hydrogen-bond donors (Lipinski definition) is 2. The zero-order valence-electron chi connectivity index (χ0n) is 13.2. The third-order valence-corrected chi connectivity index (χ3v) is 4.17. The Balaban J connectivity index is 0.00000484. The van der Waals surface area contributed by atoms with E-state index < -0.39 is 16.0 Å². The summed E-state index contributed by atoms with van der Waals surface area (Å²) < 4.78 is 35.9. The second-order valence-corrected chi connectivity index (χ2v) is 6.40. The van der Waals surface area contributed by atoms with Crippen molar-refractivity contribution in [3.63, 3.8) is 0 Å². The van der Waals surface area contributed by atoms with E-state index >= 15 is 0 Å². The summed E-state index contributed by atoms with van der Waals surface area (Å²) in [6.07, 6.45) is 0. The number of halogens is 1. The standard InChI is InChI=1S/C14H22N2O5S.ClH/c1-20-9-8-15-6-7-16-22(18,19)11-12-4-3-5-13(10-12)14(17)21-2;/h3-5,10,15-16H,6-9,11H2,1-2H3;1H. The molecule has 0 fully saturated rings. The van der Waals surface area contributed by atoms with Crippen molar-refractivity contribution >= 4 is 28.4 Å². The predicted octanol–water partition coefficient (Wildman–Crippen LogP) is 0.550. The highest BCUT2D eigenvalue weighted by atomic mass is 35.5. The quantitative estimate of drug-likeness (QED) is 0.464. The number of esters is 1. The number of carbonyl (C=O) groups excluding carboxylic acids is 1. The van der Waals surface area contributed by atoms with Gasteiger partial charge in [-0.2, -0.15) is 0 Å². The Labute approximate surface area is 143 Å². The molecule has 0 spiro atoms. The van der Waals surface area contributed by atoms with Gasteiger partial charge in [0.05, 0.1) is 25.0 Å². The van der Waals surface area contributed by atoms with Crippen LogP contribution in [0.4, 0.5) is 0 Å². The Morgan fingerprint density at radius 2 is 1.91 bits per heavy atom.